The quantitative estimate of drug-likeness (QED) is 0.0149. The zero-order chi connectivity index (χ0) is 89.7. The summed E-state index contributed by atoms with van der Waals surface area (Å²) in [6.45, 7) is 5.01. The maximum absolute atomic E-state index is 16.3. The van der Waals surface area contributed by atoms with Crippen molar-refractivity contribution in [2.75, 3.05) is 13.2 Å². The zero-order valence-electron chi connectivity index (χ0n) is 73.7. The Kier molecular flexibility index (Phi) is 31.7. The summed E-state index contributed by atoms with van der Waals surface area (Å²) in [5.41, 5.74) is 19.2. The summed E-state index contributed by atoms with van der Waals surface area (Å²) in [4.78, 5) is 3.67. The molecule has 3 aliphatic carbocycles. The molecule has 26 heteroatoms. The van der Waals surface area contributed by atoms with E-state index in [1.165, 1.54) is 0 Å². The fraction of sp³-hybridized carbons (Fsp3) is 0.371. The standard InChI is InChI=1S/C105H113N3O21P2/c1-103(2)86-59-60-104(103,3)105(61-86)128-98-96(116-67-80-47-25-9-26-48-80)94(114-65-78-43-21-7-22-44-78)95(115-66-79-45-23-8-24-46-79)97(99(98)129-105)127-101-89(107-108-106)92(112-63-76-39-17-5-18-40-76)91(88(124-101)74-123-131(110,120-71-84-55-33-13-34-56-84)121-72-85-57-35-14-36-58-85)126-102-100(117-68-81-49-27-10-28-50-81)93(113-64-77-41-19-6-20-42-77)90(111-62-75-37-15-4-16-38-75)87(125-102)73-122-130(109,118-69-82-51-29-11-30-52-82)119-70-83-53-31-12-32-54-83/h4-58,86-102H,59-74H2,1-3H3/t86-,87+,88+,89+,90-,91+,92+,93-,94-,95-,96+,97+,98+,99-,100+,101+,102+,104-,105?/m0/s1. The second-order valence-corrected chi connectivity index (χ2v) is 38.1. The molecule has 131 heavy (non-hydrogen) atoms. The summed E-state index contributed by atoms with van der Waals surface area (Å²) >= 11 is 0. The minimum Gasteiger partial charge on any atom is -0.370 e. The molecule has 0 amide bonds. The van der Waals surface area contributed by atoms with Crippen LogP contribution in [0.5, 0.6) is 0 Å². The van der Waals surface area contributed by atoms with E-state index in [2.05, 4.69) is 25.7 Å². The van der Waals surface area contributed by atoms with Crippen molar-refractivity contribution in [2.45, 2.75) is 216 Å². The Morgan fingerprint density at radius 1 is 0.321 bits per heavy atom. The summed E-state index contributed by atoms with van der Waals surface area (Å²) in [6, 6.07) is 104. The topological polar surface area (TPSA) is 258 Å². The van der Waals surface area contributed by atoms with Crippen LogP contribution < -0.4 is 0 Å². The van der Waals surface area contributed by atoms with Crippen molar-refractivity contribution in [1.29, 1.82) is 0 Å². The largest absolute Gasteiger partial charge is 0.475 e. The number of ether oxygens (including phenoxy) is 13. The van der Waals surface area contributed by atoms with Crippen molar-refractivity contribution >= 4 is 15.6 Å². The van der Waals surface area contributed by atoms with E-state index >= 15 is 9.13 Å². The third-order valence-corrected chi connectivity index (χ3v) is 28.8. The Bertz CT molecular complexity index is 5370. The lowest BCUT2D eigenvalue weighted by atomic mass is 9.68. The maximum Gasteiger partial charge on any atom is 0.475 e. The Balaban J connectivity index is 0.822. The maximum atomic E-state index is 16.3. The predicted molar refractivity (Wildman–Crippen MR) is 489 cm³/mol. The molecule has 11 aromatic rings. The summed E-state index contributed by atoms with van der Waals surface area (Å²) in [6.07, 6.45) is -16.9. The van der Waals surface area contributed by atoms with Gasteiger partial charge in [0.25, 0.3) is 0 Å². The molecular weight excluding hydrogens is 1700 g/mol. The summed E-state index contributed by atoms with van der Waals surface area (Å²) in [7, 11) is -9.46. The lowest BCUT2D eigenvalue weighted by Gasteiger charge is -2.51. The Labute approximate surface area is 766 Å². The van der Waals surface area contributed by atoms with Gasteiger partial charge in [-0.15, -0.1) is 0 Å². The van der Waals surface area contributed by atoms with Crippen LogP contribution in [0, 0.1) is 16.7 Å². The number of fused-ring (bicyclic) bond motifs is 4. The second kappa shape index (κ2) is 44.5. The van der Waals surface area contributed by atoms with Gasteiger partial charge in [-0.1, -0.05) is 360 Å². The highest BCUT2D eigenvalue weighted by atomic mass is 31.2. The van der Waals surface area contributed by atoms with Crippen molar-refractivity contribution in [2.24, 2.45) is 21.9 Å². The van der Waals surface area contributed by atoms with Gasteiger partial charge in [0, 0.05) is 16.7 Å². The number of benzene rings is 11. The van der Waals surface area contributed by atoms with E-state index in [1.54, 1.807) is 0 Å². The number of azide groups is 1. The molecule has 3 heterocycles. The van der Waals surface area contributed by atoms with Gasteiger partial charge in [0.05, 0.1) is 85.9 Å². The van der Waals surface area contributed by atoms with Gasteiger partial charge in [-0.25, -0.2) is 9.13 Å². The van der Waals surface area contributed by atoms with Crippen LogP contribution >= 0.6 is 15.6 Å². The van der Waals surface area contributed by atoms with Crippen molar-refractivity contribution in [3.05, 3.63) is 405 Å². The fourth-order valence-corrected chi connectivity index (χ4v) is 21.0. The fourth-order valence-electron chi connectivity index (χ4n) is 18.6. The van der Waals surface area contributed by atoms with Crippen LogP contribution in [0.25, 0.3) is 10.4 Å². The van der Waals surface area contributed by atoms with E-state index in [0.29, 0.717) is 34.2 Å². The van der Waals surface area contributed by atoms with Gasteiger partial charge < -0.3 is 61.6 Å². The molecule has 0 radical (unpaired) electrons. The number of phosphoric acid groups is 2. The van der Waals surface area contributed by atoms with Gasteiger partial charge in [0.2, 0.25) is 0 Å². The van der Waals surface area contributed by atoms with Crippen LogP contribution in [0.4, 0.5) is 0 Å². The van der Waals surface area contributed by atoms with Gasteiger partial charge in [-0.3, -0.25) is 27.1 Å². The molecule has 19 atom stereocenters. The minimum atomic E-state index is -4.81. The Morgan fingerprint density at radius 2 is 0.588 bits per heavy atom. The molecule has 0 N–H and O–H groups in total. The van der Waals surface area contributed by atoms with Gasteiger partial charge in [0.1, 0.15) is 85.4 Å². The highest BCUT2D eigenvalue weighted by Crippen LogP contribution is 2.73. The first kappa shape index (κ1) is 93.2. The molecular formula is C105H113N3O21P2. The molecule has 684 valence electrons. The van der Waals surface area contributed by atoms with E-state index in [4.69, 9.17) is 93.8 Å². The van der Waals surface area contributed by atoms with E-state index in [-0.39, 0.29) is 84.0 Å². The van der Waals surface area contributed by atoms with Crippen molar-refractivity contribution in [1.82, 2.24) is 0 Å². The van der Waals surface area contributed by atoms with Crippen molar-refractivity contribution in [3.63, 3.8) is 0 Å². The first-order valence-electron chi connectivity index (χ1n) is 45.0. The average Bonchev–Trinajstić information content (AvgIpc) is 1.50. The average molecular weight is 1820 g/mol. The third kappa shape index (κ3) is 23.3. The van der Waals surface area contributed by atoms with Crippen LogP contribution in [0.3, 0.4) is 0 Å². The second-order valence-electron chi connectivity index (χ2n) is 34.7. The van der Waals surface area contributed by atoms with Crippen LogP contribution in [-0.2, 0) is 171 Å². The van der Waals surface area contributed by atoms with Crippen LogP contribution in [0.2, 0.25) is 0 Å². The minimum absolute atomic E-state index is 0.00329. The molecule has 1 spiro atoms. The lowest BCUT2D eigenvalue weighted by Crippen LogP contribution is -2.68. The van der Waals surface area contributed by atoms with E-state index in [9.17, 15) is 5.53 Å². The number of rotatable bonds is 44. The van der Waals surface area contributed by atoms with Gasteiger partial charge in [-0.2, -0.15) is 0 Å². The van der Waals surface area contributed by atoms with Crippen LogP contribution in [0.1, 0.15) is 101 Å². The predicted octanol–water partition coefficient (Wildman–Crippen LogP) is 21.4. The molecule has 2 bridgehead atoms. The van der Waals surface area contributed by atoms with Gasteiger partial charge in [-0.05, 0) is 90.9 Å². The van der Waals surface area contributed by atoms with Crippen molar-refractivity contribution < 1.29 is 97.9 Å². The monoisotopic (exact) mass is 1810 g/mol. The SMILES string of the molecule is CC1(C)[C@H]2CC[C@]1(C)C1(C2)O[C@@H]2[C@H](OCc3ccccc3)[C@@H](OCc3ccccc3)[C@H](OCc3ccccc3)[C@@H](O[C@H]3O[C@H](COP(=O)(OCc4ccccc4)OCc4ccccc4)[C@@H](O[C@H]4O[C@H](COP(=O)(OCc5ccccc5)OCc5ccccc5)[C@H](OCc5ccccc5)[C@H](OCc5ccccc5)[C@H]4OCc4ccccc4)[C@H](OCc4ccccc4)[C@H]3N=[N+]=[N-])[C@@H]2O1. The molecule has 3 saturated carbocycles. The summed E-state index contributed by atoms with van der Waals surface area (Å²) in [5, 5.41) is 4.75. The number of phosphoric ester groups is 2. The van der Waals surface area contributed by atoms with Crippen LogP contribution in [-0.4, -0.2) is 117 Å². The highest BCUT2D eigenvalue weighted by molar-refractivity contribution is 7.48. The molecule has 6 fully saturated rings. The van der Waals surface area contributed by atoms with Gasteiger partial charge >= 0.3 is 15.6 Å². The molecule has 3 aliphatic heterocycles. The first-order chi connectivity index (χ1) is 64.2. The smallest absolute Gasteiger partial charge is 0.370 e. The molecule has 11 aromatic carbocycles. The van der Waals surface area contributed by atoms with Crippen molar-refractivity contribution in [3.8, 4) is 0 Å². The lowest BCUT2D eigenvalue weighted by molar-refractivity contribution is -0.369. The third-order valence-electron chi connectivity index (χ3n) is 26.1. The van der Waals surface area contributed by atoms with Crippen LogP contribution in [0.15, 0.2) is 339 Å². The number of hydrogen-bond donors (Lipinski definition) is 0. The molecule has 24 nitrogen and oxygen atoms in total. The van der Waals surface area contributed by atoms with E-state index in [1.807, 2.05) is 334 Å². The molecule has 0 aromatic heterocycles. The molecule has 1 unspecified atom stereocenters. The Hall–Kier alpha value is -9.57. The Morgan fingerprint density at radius 3 is 0.908 bits per heavy atom. The summed E-state index contributed by atoms with van der Waals surface area (Å²) in [5.74, 6) is -0.987. The molecule has 3 saturated heterocycles. The van der Waals surface area contributed by atoms with Gasteiger partial charge in [0.15, 0.2) is 18.4 Å². The normalized spacial score (nSPS) is 27.3. The zero-order valence-corrected chi connectivity index (χ0v) is 75.5. The molecule has 6 aliphatic rings. The van der Waals surface area contributed by atoms with E-state index < -0.39 is 138 Å². The highest BCUT2D eigenvalue weighted by Gasteiger charge is 2.76. The molecule has 17 rings (SSSR count). The number of hydrogen-bond acceptors (Lipinski definition) is 22. The van der Waals surface area contributed by atoms with E-state index in [0.717, 1.165) is 46.2 Å². The first-order valence-corrected chi connectivity index (χ1v) is 47.9. The number of nitrogens with zero attached hydrogens (tertiary/aromatic N) is 3. The summed E-state index contributed by atoms with van der Waals surface area (Å²) < 4.78 is 170.